The Labute approximate surface area is 102 Å². The molecule has 4 heteroatoms. The van der Waals surface area contributed by atoms with E-state index >= 15 is 0 Å². The second-order valence-corrected chi connectivity index (χ2v) is 5.10. The third-order valence-electron chi connectivity index (χ3n) is 2.60. The molecule has 0 bridgehead atoms. The average Bonchev–Trinajstić information content (AvgIpc) is 2.20. The Morgan fingerprint density at radius 3 is 2.75 bits per heavy atom. The predicted octanol–water partition coefficient (Wildman–Crippen LogP) is 2.74. The number of rotatable bonds is 5. The van der Waals surface area contributed by atoms with Gasteiger partial charge in [0, 0.05) is 13.2 Å². The molecule has 0 saturated heterocycles. The molecule has 3 nitrogen and oxygen atoms in total. The summed E-state index contributed by atoms with van der Waals surface area (Å²) < 4.78 is 0. The topological polar surface area (TPSA) is 58.3 Å². The second-order valence-electron chi connectivity index (χ2n) is 4.69. The first-order chi connectivity index (χ1) is 7.46. The molecule has 0 fully saturated rings. The van der Waals surface area contributed by atoms with Crippen LogP contribution < -0.4 is 11.1 Å². The molecule has 1 aromatic rings. The number of aliphatic hydroxyl groups is 1. The number of para-hydroxylation sites is 1. The smallest absolute Gasteiger partial charge is 0.0739 e. The van der Waals surface area contributed by atoms with E-state index in [-0.39, 0.29) is 12.0 Å². The summed E-state index contributed by atoms with van der Waals surface area (Å²) in [6.07, 6.45) is 0.750. The Hall–Kier alpha value is -0.930. The maximum Gasteiger partial charge on any atom is 0.0739 e. The van der Waals surface area contributed by atoms with E-state index in [4.69, 9.17) is 22.4 Å². The molecule has 0 aromatic heterocycles. The van der Waals surface area contributed by atoms with Crippen molar-refractivity contribution >= 4 is 23.0 Å². The van der Waals surface area contributed by atoms with Gasteiger partial charge in [-0.2, -0.15) is 0 Å². The highest BCUT2D eigenvalue weighted by Crippen LogP contribution is 2.28. The van der Waals surface area contributed by atoms with Crippen LogP contribution in [0.25, 0.3) is 0 Å². The van der Waals surface area contributed by atoms with Crippen LogP contribution >= 0.6 is 11.6 Å². The predicted molar refractivity (Wildman–Crippen MR) is 69.8 cm³/mol. The second kappa shape index (κ2) is 5.41. The summed E-state index contributed by atoms with van der Waals surface area (Å²) in [5, 5.41) is 12.7. The number of nitrogens with one attached hydrogen (secondary N) is 1. The minimum atomic E-state index is 0.0313. The van der Waals surface area contributed by atoms with Gasteiger partial charge in [0.05, 0.1) is 16.4 Å². The van der Waals surface area contributed by atoms with Crippen LogP contribution in [0.1, 0.15) is 20.3 Å². The number of nitrogens with two attached hydrogens (primary N) is 1. The zero-order valence-electron chi connectivity index (χ0n) is 9.76. The van der Waals surface area contributed by atoms with Crippen LogP contribution in [0.4, 0.5) is 11.4 Å². The lowest BCUT2D eigenvalue weighted by molar-refractivity contribution is 0.220. The van der Waals surface area contributed by atoms with Crippen molar-refractivity contribution in [3.63, 3.8) is 0 Å². The zero-order chi connectivity index (χ0) is 12.2. The molecule has 0 unspecified atom stereocenters. The third kappa shape index (κ3) is 3.58. The Balaban J connectivity index is 2.64. The molecule has 0 aliphatic rings. The first kappa shape index (κ1) is 13.1. The van der Waals surface area contributed by atoms with Crippen LogP contribution in [0.5, 0.6) is 0 Å². The largest absolute Gasteiger partial charge is 0.396 e. The van der Waals surface area contributed by atoms with Gasteiger partial charge in [0.15, 0.2) is 0 Å². The molecule has 0 aliphatic heterocycles. The van der Waals surface area contributed by atoms with E-state index < -0.39 is 0 Å². The molecule has 0 spiro atoms. The van der Waals surface area contributed by atoms with E-state index in [1.54, 1.807) is 6.07 Å². The normalized spacial score (nSPS) is 11.5. The fraction of sp³-hybridized carbons (Fsp3) is 0.500. The summed E-state index contributed by atoms with van der Waals surface area (Å²) in [5.74, 6) is 0. The Morgan fingerprint density at radius 2 is 2.12 bits per heavy atom. The van der Waals surface area contributed by atoms with Crippen LogP contribution in [0.15, 0.2) is 18.2 Å². The first-order valence-electron chi connectivity index (χ1n) is 5.35. The zero-order valence-corrected chi connectivity index (χ0v) is 10.5. The van der Waals surface area contributed by atoms with Crippen LogP contribution in [0.3, 0.4) is 0 Å². The Morgan fingerprint density at radius 1 is 1.44 bits per heavy atom. The lowest BCUT2D eigenvalue weighted by atomic mass is 9.89. The molecular weight excluding hydrogens is 224 g/mol. The van der Waals surface area contributed by atoms with Crippen molar-refractivity contribution < 1.29 is 5.11 Å². The van der Waals surface area contributed by atoms with Crippen molar-refractivity contribution in [1.29, 1.82) is 0 Å². The summed E-state index contributed by atoms with van der Waals surface area (Å²) >= 11 is 5.92. The highest BCUT2D eigenvalue weighted by atomic mass is 35.5. The molecule has 1 rings (SSSR count). The lowest BCUT2D eigenvalue weighted by Crippen LogP contribution is -2.24. The van der Waals surface area contributed by atoms with E-state index in [9.17, 15) is 0 Å². The van der Waals surface area contributed by atoms with Crippen LogP contribution in [-0.2, 0) is 0 Å². The molecule has 16 heavy (non-hydrogen) atoms. The van der Waals surface area contributed by atoms with E-state index in [0.29, 0.717) is 10.7 Å². The van der Waals surface area contributed by atoms with Gasteiger partial charge in [-0.25, -0.2) is 0 Å². The van der Waals surface area contributed by atoms with Gasteiger partial charge in [0.25, 0.3) is 0 Å². The number of halogens is 1. The van der Waals surface area contributed by atoms with Gasteiger partial charge in [-0.15, -0.1) is 0 Å². The summed E-state index contributed by atoms with van der Waals surface area (Å²) in [6, 6.07) is 5.53. The van der Waals surface area contributed by atoms with E-state index in [2.05, 4.69) is 19.2 Å². The molecule has 0 radical (unpaired) electrons. The van der Waals surface area contributed by atoms with Crippen molar-refractivity contribution in [2.24, 2.45) is 5.41 Å². The van der Waals surface area contributed by atoms with Crippen molar-refractivity contribution in [1.82, 2.24) is 0 Å². The maximum absolute atomic E-state index is 8.92. The van der Waals surface area contributed by atoms with Gasteiger partial charge in [-0.05, 0) is 24.0 Å². The van der Waals surface area contributed by atoms with Gasteiger partial charge >= 0.3 is 0 Å². The number of hydrogen-bond acceptors (Lipinski definition) is 3. The molecule has 90 valence electrons. The van der Waals surface area contributed by atoms with Crippen LogP contribution in [0.2, 0.25) is 5.02 Å². The fourth-order valence-corrected chi connectivity index (χ4v) is 1.59. The van der Waals surface area contributed by atoms with E-state index in [1.165, 1.54) is 0 Å². The summed E-state index contributed by atoms with van der Waals surface area (Å²) in [7, 11) is 0. The molecule has 0 atom stereocenters. The molecule has 4 N–H and O–H groups in total. The quantitative estimate of drug-likeness (QED) is 0.696. The fourth-order valence-electron chi connectivity index (χ4n) is 1.42. The summed E-state index contributed by atoms with van der Waals surface area (Å²) in [6.45, 7) is 5.13. The van der Waals surface area contributed by atoms with Gasteiger partial charge in [-0.1, -0.05) is 31.5 Å². The number of hydrogen-bond donors (Lipinski definition) is 3. The monoisotopic (exact) mass is 242 g/mol. The van der Waals surface area contributed by atoms with E-state index in [0.717, 1.165) is 18.7 Å². The number of nitrogen functional groups attached to an aromatic ring is 1. The summed E-state index contributed by atoms with van der Waals surface area (Å²) in [4.78, 5) is 0. The minimum absolute atomic E-state index is 0.0313. The maximum atomic E-state index is 8.92. The van der Waals surface area contributed by atoms with Crippen LogP contribution in [-0.4, -0.2) is 18.3 Å². The lowest BCUT2D eigenvalue weighted by Gasteiger charge is -2.25. The highest BCUT2D eigenvalue weighted by molar-refractivity contribution is 6.33. The van der Waals surface area contributed by atoms with Gasteiger partial charge in [0.1, 0.15) is 0 Å². The Kier molecular flexibility index (Phi) is 4.44. The Bertz CT molecular complexity index is 353. The molecule has 0 amide bonds. The molecule has 1 aromatic carbocycles. The molecule has 0 aliphatic carbocycles. The van der Waals surface area contributed by atoms with Gasteiger partial charge in [0.2, 0.25) is 0 Å². The number of aliphatic hydroxyl groups excluding tert-OH is 1. The SMILES string of the molecule is CC(C)(CCO)CNc1cccc(Cl)c1N. The van der Waals surface area contributed by atoms with Gasteiger partial charge < -0.3 is 16.2 Å². The van der Waals surface area contributed by atoms with Gasteiger partial charge in [-0.3, -0.25) is 0 Å². The van der Waals surface area contributed by atoms with Crippen LogP contribution in [0, 0.1) is 5.41 Å². The van der Waals surface area contributed by atoms with E-state index in [1.807, 2.05) is 12.1 Å². The molecule has 0 saturated carbocycles. The van der Waals surface area contributed by atoms with Crippen molar-refractivity contribution in [3.05, 3.63) is 23.2 Å². The number of anilines is 2. The number of benzene rings is 1. The summed E-state index contributed by atoms with van der Waals surface area (Å²) in [5.41, 5.74) is 7.29. The highest BCUT2D eigenvalue weighted by Gasteiger charge is 2.17. The van der Waals surface area contributed by atoms with Crippen molar-refractivity contribution in [2.75, 3.05) is 24.2 Å². The first-order valence-corrected chi connectivity index (χ1v) is 5.73. The molecule has 0 heterocycles. The minimum Gasteiger partial charge on any atom is -0.396 e. The van der Waals surface area contributed by atoms with Crippen molar-refractivity contribution in [3.8, 4) is 0 Å². The van der Waals surface area contributed by atoms with Crippen molar-refractivity contribution in [2.45, 2.75) is 20.3 Å². The third-order valence-corrected chi connectivity index (χ3v) is 2.93. The standard InChI is InChI=1S/C12H19ClN2O/c1-12(2,6-7-16)8-15-10-5-3-4-9(13)11(10)14/h3-5,15-16H,6-8,14H2,1-2H3. The molecular formula is C12H19ClN2O. The average molecular weight is 243 g/mol.